The first-order chi connectivity index (χ1) is 15.0. The highest BCUT2D eigenvalue weighted by atomic mass is 16.5. The number of phenolic OH excluding ortho intramolecular Hbond substituents is 1. The lowest BCUT2D eigenvalue weighted by Gasteiger charge is -2.30. The Labute approximate surface area is 182 Å². The number of hydrogen-bond acceptors (Lipinski definition) is 4. The van der Waals surface area contributed by atoms with Crippen molar-refractivity contribution in [3.8, 4) is 28.3 Å². The molecule has 0 amide bonds. The normalized spacial score (nSPS) is 20.6. The van der Waals surface area contributed by atoms with Crippen LogP contribution in [0.5, 0.6) is 5.75 Å². The van der Waals surface area contributed by atoms with Gasteiger partial charge in [-0.05, 0) is 73.8 Å². The van der Waals surface area contributed by atoms with Crippen molar-refractivity contribution < 1.29 is 19.5 Å². The van der Waals surface area contributed by atoms with Crippen molar-refractivity contribution in [1.82, 2.24) is 5.16 Å². The van der Waals surface area contributed by atoms with Crippen LogP contribution in [0.4, 0.5) is 0 Å². The second-order valence-electron chi connectivity index (χ2n) is 8.46. The first-order valence-electron chi connectivity index (χ1n) is 10.7. The molecule has 31 heavy (non-hydrogen) atoms. The van der Waals surface area contributed by atoms with Gasteiger partial charge in [-0.15, -0.1) is 6.58 Å². The number of aromatic hydroxyl groups is 1. The van der Waals surface area contributed by atoms with E-state index in [1.807, 2.05) is 24.3 Å². The van der Waals surface area contributed by atoms with Gasteiger partial charge >= 0.3 is 5.97 Å². The molecule has 1 aromatic heterocycles. The summed E-state index contributed by atoms with van der Waals surface area (Å²) in [5.41, 5.74) is 3.51. The fraction of sp³-hybridized carbons (Fsp3) is 0.308. The van der Waals surface area contributed by atoms with E-state index in [1.165, 1.54) is 0 Å². The summed E-state index contributed by atoms with van der Waals surface area (Å²) in [4.78, 5) is 11.1. The molecule has 1 heterocycles. The Morgan fingerprint density at radius 2 is 1.97 bits per heavy atom. The number of aromatic carboxylic acids is 1. The minimum Gasteiger partial charge on any atom is -0.508 e. The Hall–Kier alpha value is -3.34. The summed E-state index contributed by atoms with van der Waals surface area (Å²) < 4.78 is 5.53. The van der Waals surface area contributed by atoms with E-state index >= 15 is 0 Å². The third kappa shape index (κ3) is 4.00. The van der Waals surface area contributed by atoms with E-state index in [9.17, 15) is 9.90 Å². The van der Waals surface area contributed by atoms with Gasteiger partial charge in [-0.1, -0.05) is 30.3 Å². The Balaban J connectivity index is 1.65. The molecular weight excluding hydrogens is 390 g/mol. The summed E-state index contributed by atoms with van der Waals surface area (Å²) in [6, 6.07) is 14.0. The molecule has 0 saturated heterocycles. The second kappa shape index (κ2) is 8.42. The molecule has 1 aliphatic rings. The molecule has 5 heteroatoms. The fourth-order valence-electron chi connectivity index (χ4n) is 4.87. The van der Waals surface area contributed by atoms with Gasteiger partial charge < -0.3 is 14.7 Å². The van der Waals surface area contributed by atoms with Crippen molar-refractivity contribution in [2.24, 2.45) is 5.92 Å². The molecule has 160 valence electrons. The van der Waals surface area contributed by atoms with Crippen molar-refractivity contribution in [2.45, 2.75) is 44.4 Å². The van der Waals surface area contributed by atoms with Crippen molar-refractivity contribution in [2.75, 3.05) is 0 Å². The van der Waals surface area contributed by atoms with Gasteiger partial charge in [0.15, 0.2) is 5.76 Å². The van der Waals surface area contributed by atoms with Crippen LogP contribution >= 0.6 is 0 Å². The summed E-state index contributed by atoms with van der Waals surface area (Å²) >= 11 is 0. The summed E-state index contributed by atoms with van der Waals surface area (Å²) in [7, 11) is 0. The largest absolute Gasteiger partial charge is 0.508 e. The van der Waals surface area contributed by atoms with Crippen LogP contribution in [0.25, 0.3) is 22.6 Å². The average Bonchev–Trinajstić information content (AvgIpc) is 3.43. The molecule has 2 aromatic carbocycles. The van der Waals surface area contributed by atoms with Crippen LogP contribution in [-0.2, 0) is 5.41 Å². The SMILES string of the molecule is C=CCC1CCC(CC)(c2cc(-c3cc(-c4ccc(C(=O)O)cc4)on3)ccc2O)C1. The van der Waals surface area contributed by atoms with Crippen LogP contribution in [0.1, 0.15) is 54.9 Å². The van der Waals surface area contributed by atoms with Gasteiger partial charge in [0.2, 0.25) is 0 Å². The maximum Gasteiger partial charge on any atom is 0.335 e. The minimum absolute atomic E-state index is 0.0347. The summed E-state index contributed by atoms with van der Waals surface area (Å²) in [6.07, 6.45) is 7.22. The van der Waals surface area contributed by atoms with E-state index in [4.69, 9.17) is 9.63 Å². The van der Waals surface area contributed by atoms with Crippen LogP contribution in [0, 0.1) is 5.92 Å². The number of allylic oxidation sites excluding steroid dienone is 1. The number of carboxylic acids is 1. The molecule has 2 atom stereocenters. The van der Waals surface area contributed by atoms with E-state index < -0.39 is 5.97 Å². The molecule has 1 aliphatic carbocycles. The zero-order valence-corrected chi connectivity index (χ0v) is 17.7. The number of rotatable bonds is 7. The number of benzene rings is 2. The number of hydrogen-bond donors (Lipinski definition) is 2. The van der Waals surface area contributed by atoms with Crippen molar-refractivity contribution in [3.05, 3.63) is 72.3 Å². The van der Waals surface area contributed by atoms with Crippen LogP contribution < -0.4 is 0 Å². The van der Waals surface area contributed by atoms with Crippen LogP contribution in [0.2, 0.25) is 0 Å². The molecule has 0 spiro atoms. The zero-order valence-electron chi connectivity index (χ0n) is 17.7. The van der Waals surface area contributed by atoms with Crippen LogP contribution in [-0.4, -0.2) is 21.3 Å². The Kier molecular flexibility index (Phi) is 5.68. The molecule has 1 saturated carbocycles. The first kappa shape index (κ1) is 20.9. The molecule has 2 N–H and O–H groups in total. The number of phenols is 1. The highest BCUT2D eigenvalue weighted by Crippen LogP contribution is 2.50. The summed E-state index contributed by atoms with van der Waals surface area (Å²) in [5.74, 6) is 0.540. The van der Waals surface area contributed by atoms with Gasteiger partial charge in [0.05, 0.1) is 5.56 Å². The number of carboxylic acid groups (broad SMARTS) is 1. The molecule has 0 radical (unpaired) electrons. The average molecular weight is 418 g/mol. The molecule has 5 nitrogen and oxygen atoms in total. The zero-order chi connectivity index (χ0) is 22.0. The van der Waals surface area contributed by atoms with Gasteiger partial charge in [-0.25, -0.2) is 4.79 Å². The van der Waals surface area contributed by atoms with E-state index in [2.05, 4.69) is 18.7 Å². The van der Waals surface area contributed by atoms with Gasteiger partial charge in [0, 0.05) is 22.8 Å². The molecule has 3 aromatic rings. The third-order valence-electron chi connectivity index (χ3n) is 6.68. The smallest absolute Gasteiger partial charge is 0.335 e. The fourth-order valence-corrected chi connectivity index (χ4v) is 4.87. The summed E-state index contributed by atoms with van der Waals surface area (Å²) in [5, 5.41) is 24.0. The van der Waals surface area contributed by atoms with Gasteiger partial charge in [0.25, 0.3) is 0 Å². The Morgan fingerprint density at radius 1 is 1.23 bits per heavy atom. The highest BCUT2D eigenvalue weighted by molar-refractivity contribution is 5.88. The lowest BCUT2D eigenvalue weighted by Crippen LogP contribution is -2.22. The lowest BCUT2D eigenvalue weighted by atomic mass is 9.75. The van der Waals surface area contributed by atoms with E-state index in [0.717, 1.165) is 48.8 Å². The summed E-state index contributed by atoms with van der Waals surface area (Å²) in [6.45, 7) is 6.08. The maximum atomic E-state index is 11.1. The number of aromatic nitrogens is 1. The van der Waals surface area contributed by atoms with E-state index in [0.29, 0.717) is 23.1 Å². The predicted octanol–water partition coefficient (Wildman–Crippen LogP) is 6.44. The van der Waals surface area contributed by atoms with Crippen molar-refractivity contribution >= 4 is 5.97 Å². The van der Waals surface area contributed by atoms with Crippen LogP contribution in [0.3, 0.4) is 0 Å². The molecular formula is C26H27NO4. The highest BCUT2D eigenvalue weighted by Gasteiger charge is 2.40. The van der Waals surface area contributed by atoms with E-state index in [-0.39, 0.29) is 11.0 Å². The van der Waals surface area contributed by atoms with Crippen molar-refractivity contribution in [3.63, 3.8) is 0 Å². The Morgan fingerprint density at radius 3 is 2.65 bits per heavy atom. The quantitative estimate of drug-likeness (QED) is 0.432. The minimum atomic E-state index is -0.964. The Bertz CT molecular complexity index is 1100. The molecule has 2 unspecified atom stereocenters. The molecule has 4 rings (SSSR count). The standard InChI is InChI=1S/C26H27NO4/c1-3-5-17-12-13-26(4-2,16-17)21-14-20(10-11-23(21)28)22-15-24(31-27-22)18-6-8-19(9-7-18)25(29)30/h3,6-11,14-15,17,28H,1,4-5,12-13,16H2,2H3,(H,29,30). The maximum absolute atomic E-state index is 11.1. The van der Waals surface area contributed by atoms with Crippen LogP contribution in [0.15, 0.2) is 65.7 Å². The third-order valence-corrected chi connectivity index (χ3v) is 6.68. The second-order valence-corrected chi connectivity index (χ2v) is 8.46. The molecule has 1 fully saturated rings. The van der Waals surface area contributed by atoms with Gasteiger partial charge in [-0.3, -0.25) is 0 Å². The lowest BCUT2D eigenvalue weighted by molar-refractivity contribution is 0.0697. The molecule has 0 aliphatic heterocycles. The van der Waals surface area contributed by atoms with E-state index in [1.54, 1.807) is 30.3 Å². The number of nitrogens with zero attached hydrogens (tertiary/aromatic N) is 1. The topological polar surface area (TPSA) is 83.6 Å². The van der Waals surface area contributed by atoms with Gasteiger partial charge in [-0.2, -0.15) is 0 Å². The first-order valence-corrected chi connectivity index (χ1v) is 10.7. The number of carbonyl (C=O) groups is 1. The van der Waals surface area contributed by atoms with Gasteiger partial charge in [0.1, 0.15) is 11.4 Å². The molecule has 0 bridgehead atoms. The van der Waals surface area contributed by atoms with Crippen molar-refractivity contribution in [1.29, 1.82) is 0 Å². The monoisotopic (exact) mass is 417 g/mol. The predicted molar refractivity (Wildman–Crippen MR) is 120 cm³/mol.